The van der Waals surface area contributed by atoms with E-state index in [0.717, 1.165) is 5.56 Å². The third-order valence-corrected chi connectivity index (χ3v) is 4.36. The standard InChI is InChI=1S/C20H13FO3/c21-15-8-6-14(7-9-15)20(13-4-2-1-3-5-13)17-11-10-16(22)12-18(17)24-19(20)23/h1-12,22H. The first kappa shape index (κ1) is 14.5. The number of hydrogen-bond donors (Lipinski definition) is 1. The van der Waals surface area contributed by atoms with Gasteiger partial charge in [-0.05, 0) is 35.4 Å². The van der Waals surface area contributed by atoms with Crippen molar-refractivity contribution in [2.45, 2.75) is 5.41 Å². The highest BCUT2D eigenvalue weighted by molar-refractivity contribution is 5.98. The van der Waals surface area contributed by atoms with E-state index in [-0.39, 0.29) is 11.6 Å². The first-order valence-electron chi connectivity index (χ1n) is 7.50. The minimum absolute atomic E-state index is 0.0181. The molecule has 3 aromatic carbocycles. The molecule has 1 atom stereocenters. The van der Waals surface area contributed by atoms with E-state index < -0.39 is 11.4 Å². The van der Waals surface area contributed by atoms with Crippen molar-refractivity contribution in [1.82, 2.24) is 0 Å². The van der Waals surface area contributed by atoms with E-state index in [1.54, 1.807) is 18.2 Å². The molecule has 4 heteroatoms. The maximum atomic E-state index is 13.4. The number of esters is 1. The fourth-order valence-corrected chi connectivity index (χ4v) is 3.29. The summed E-state index contributed by atoms with van der Waals surface area (Å²) in [7, 11) is 0. The number of carbonyl (C=O) groups excluding carboxylic acids is 1. The van der Waals surface area contributed by atoms with Crippen LogP contribution in [0.1, 0.15) is 16.7 Å². The number of halogens is 1. The van der Waals surface area contributed by atoms with Crippen molar-refractivity contribution in [3.05, 3.63) is 95.3 Å². The zero-order valence-electron chi connectivity index (χ0n) is 12.6. The summed E-state index contributed by atoms with van der Waals surface area (Å²) in [6.07, 6.45) is 0. The number of carbonyl (C=O) groups is 1. The van der Waals surface area contributed by atoms with Crippen molar-refractivity contribution in [1.29, 1.82) is 0 Å². The van der Waals surface area contributed by atoms with E-state index in [1.165, 1.54) is 24.3 Å². The molecule has 0 fully saturated rings. The number of fused-ring (bicyclic) bond motifs is 1. The molecular formula is C20H13FO3. The second-order valence-corrected chi connectivity index (χ2v) is 5.69. The molecular weight excluding hydrogens is 307 g/mol. The summed E-state index contributed by atoms with van der Waals surface area (Å²) >= 11 is 0. The number of phenolic OH excluding ortho intramolecular Hbond substituents is 1. The van der Waals surface area contributed by atoms with Crippen LogP contribution in [-0.2, 0) is 10.2 Å². The Balaban J connectivity index is 2.07. The largest absolute Gasteiger partial charge is 0.508 e. The summed E-state index contributed by atoms with van der Waals surface area (Å²) in [6, 6.07) is 19.7. The Bertz CT molecular complexity index is 919. The molecule has 0 aliphatic carbocycles. The SMILES string of the molecule is O=C1Oc2cc(O)ccc2C1(c1ccccc1)c1ccc(F)cc1. The number of ether oxygens (including phenoxy) is 1. The third kappa shape index (κ3) is 1.93. The first-order valence-corrected chi connectivity index (χ1v) is 7.50. The molecule has 1 aliphatic rings. The van der Waals surface area contributed by atoms with Gasteiger partial charge in [-0.2, -0.15) is 0 Å². The van der Waals surface area contributed by atoms with Gasteiger partial charge in [0, 0.05) is 11.6 Å². The molecule has 0 amide bonds. The van der Waals surface area contributed by atoms with Crippen molar-refractivity contribution in [3.63, 3.8) is 0 Å². The molecule has 0 saturated carbocycles. The van der Waals surface area contributed by atoms with Gasteiger partial charge in [0.15, 0.2) is 0 Å². The van der Waals surface area contributed by atoms with E-state index in [0.29, 0.717) is 16.9 Å². The highest BCUT2D eigenvalue weighted by atomic mass is 19.1. The van der Waals surface area contributed by atoms with Crippen LogP contribution in [0.2, 0.25) is 0 Å². The molecule has 1 aliphatic heterocycles. The Kier molecular flexibility index (Phi) is 3.13. The monoisotopic (exact) mass is 320 g/mol. The topological polar surface area (TPSA) is 46.5 Å². The van der Waals surface area contributed by atoms with Crippen molar-refractivity contribution < 1.29 is 19.0 Å². The van der Waals surface area contributed by atoms with Gasteiger partial charge in [0.2, 0.25) is 0 Å². The average molecular weight is 320 g/mol. The lowest BCUT2D eigenvalue weighted by atomic mass is 9.70. The molecule has 4 rings (SSSR count). The van der Waals surface area contributed by atoms with Crippen molar-refractivity contribution in [2.75, 3.05) is 0 Å². The van der Waals surface area contributed by atoms with Crippen LogP contribution < -0.4 is 4.74 Å². The summed E-state index contributed by atoms with van der Waals surface area (Å²) in [6.45, 7) is 0. The first-order chi connectivity index (χ1) is 11.6. The quantitative estimate of drug-likeness (QED) is 0.577. The Hall–Kier alpha value is -3.14. The summed E-state index contributed by atoms with van der Waals surface area (Å²) in [4.78, 5) is 13.0. The van der Waals surface area contributed by atoms with Gasteiger partial charge >= 0.3 is 5.97 Å². The normalized spacial score (nSPS) is 19.0. The lowest BCUT2D eigenvalue weighted by Gasteiger charge is -2.27. The molecule has 0 saturated heterocycles. The number of aromatic hydroxyl groups is 1. The van der Waals surface area contributed by atoms with Gasteiger partial charge in [-0.15, -0.1) is 0 Å². The highest BCUT2D eigenvalue weighted by Crippen LogP contribution is 2.49. The average Bonchev–Trinajstić information content (AvgIpc) is 2.88. The Labute approximate surface area is 138 Å². The van der Waals surface area contributed by atoms with Gasteiger partial charge in [0.25, 0.3) is 0 Å². The lowest BCUT2D eigenvalue weighted by Crippen LogP contribution is -2.36. The predicted octanol–water partition coefficient (Wildman–Crippen LogP) is 3.78. The molecule has 0 bridgehead atoms. The number of rotatable bonds is 2. The van der Waals surface area contributed by atoms with Crippen LogP contribution in [-0.4, -0.2) is 11.1 Å². The Morgan fingerprint density at radius 2 is 1.54 bits per heavy atom. The van der Waals surface area contributed by atoms with Gasteiger partial charge in [0.1, 0.15) is 22.7 Å². The van der Waals surface area contributed by atoms with E-state index in [2.05, 4.69) is 0 Å². The van der Waals surface area contributed by atoms with Crippen LogP contribution in [0, 0.1) is 5.82 Å². The Morgan fingerprint density at radius 3 is 2.25 bits per heavy atom. The zero-order valence-corrected chi connectivity index (χ0v) is 12.6. The molecule has 1 N–H and O–H groups in total. The van der Waals surface area contributed by atoms with Crippen molar-refractivity contribution in [3.8, 4) is 11.5 Å². The summed E-state index contributed by atoms with van der Waals surface area (Å²) in [5, 5.41) is 9.69. The molecule has 3 nitrogen and oxygen atoms in total. The number of hydrogen-bond acceptors (Lipinski definition) is 3. The molecule has 24 heavy (non-hydrogen) atoms. The van der Waals surface area contributed by atoms with Crippen LogP contribution >= 0.6 is 0 Å². The Morgan fingerprint density at radius 1 is 0.875 bits per heavy atom. The van der Waals surface area contributed by atoms with Gasteiger partial charge in [-0.25, -0.2) is 9.18 Å². The van der Waals surface area contributed by atoms with Gasteiger partial charge < -0.3 is 9.84 Å². The summed E-state index contributed by atoms with van der Waals surface area (Å²) in [5.74, 6) is -0.516. The van der Waals surface area contributed by atoms with E-state index >= 15 is 0 Å². The number of phenols is 1. The summed E-state index contributed by atoms with van der Waals surface area (Å²) < 4.78 is 18.8. The number of benzene rings is 3. The maximum Gasteiger partial charge on any atom is 0.331 e. The van der Waals surface area contributed by atoms with E-state index in [9.17, 15) is 14.3 Å². The summed E-state index contributed by atoms with van der Waals surface area (Å²) in [5.41, 5.74) is 0.788. The molecule has 0 radical (unpaired) electrons. The minimum Gasteiger partial charge on any atom is -0.508 e. The zero-order chi connectivity index (χ0) is 16.7. The van der Waals surface area contributed by atoms with E-state index in [4.69, 9.17) is 4.74 Å². The minimum atomic E-state index is -1.18. The van der Waals surface area contributed by atoms with Gasteiger partial charge in [-0.1, -0.05) is 42.5 Å². The molecule has 0 aromatic heterocycles. The van der Waals surface area contributed by atoms with Gasteiger partial charge in [-0.3, -0.25) is 0 Å². The second kappa shape index (κ2) is 5.20. The lowest BCUT2D eigenvalue weighted by molar-refractivity contribution is -0.135. The van der Waals surface area contributed by atoms with Crippen LogP contribution in [0.15, 0.2) is 72.8 Å². The molecule has 3 aromatic rings. The third-order valence-electron chi connectivity index (χ3n) is 4.36. The predicted molar refractivity (Wildman–Crippen MR) is 86.5 cm³/mol. The van der Waals surface area contributed by atoms with Crippen LogP contribution in [0.25, 0.3) is 0 Å². The fraction of sp³-hybridized carbons (Fsp3) is 0.0500. The van der Waals surface area contributed by atoms with E-state index in [1.807, 2.05) is 30.3 Å². The van der Waals surface area contributed by atoms with Crippen LogP contribution in [0.5, 0.6) is 11.5 Å². The molecule has 1 unspecified atom stereocenters. The van der Waals surface area contributed by atoms with Crippen LogP contribution in [0.4, 0.5) is 4.39 Å². The highest BCUT2D eigenvalue weighted by Gasteiger charge is 2.52. The van der Waals surface area contributed by atoms with Crippen molar-refractivity contribution >= 4 is 5.97 Å². The molecule has 1 heterocycles. The van der Waals surface area contributed by atoms with Crippen molar-refractivity contribution in [2.24, 2.45) is 0 Å². The smallest absolute Gasteiger partial charge is 0.331 e. The maximum absolute atomic E-state index is 13.4. The second-order valence-electron chi connectivity index (χ2n) is 5.69. The fourth-order valence-electron chi connectivity index (χ4n) is 3.29. The van der Waals surface area contributed by atoms with Gasteiger partial charge in [0.05, 0.1) is 0 Å². The molecule has 118 valence electrons. The van der Waals surface area contributed by atoms with Crippen LogP contribution in [0.3, 0.4) is 0 Å². The molecule has 0 spiro atoms.